The highest BCUT2D eigenvalue weighted by atomic mass is 32.2. The average molecular weight is 278 g/mol. The molecule has 6 heteroatoms. The summed E-state index contributed by atoms with van der Waals surface area (Å²) in [5.74, 6) is 0. The number of nitrogens with zero attached hydrogens (tertiary/aromatic N) is 1. The van der Waals surface area contributed by atoms with Crippen LogP contribution in [0.5, 0.6) is 0 Å². The third kappa shape index (κ3) is 3.91. The van der Waals surface area contributed by atoms with E-state index >= 15 is 0 Å². The molecule has 0 spiro atoms. The predicted octanol–water partition coefficient (Wildman–Crippen LogP) is 0.815. The number of sulfonamides is 1. The van der Waals surface area contributed by atoms with Gasteiger partial charge in [0.05, 0.1) is 11.9 Å². The Hall–Kier alpha value is -0.170. The monoisotopic (exact) mass is 278 g/mol. The molecule has 0 aromatic rings. The van der Waals surface area contributed by atoms with E-state index in [0.717, 1.165) is 32.4 Å². The molecule has 0 aromatic carbocycles. The minimum atomic E-state index is -3.24. The standard InChI is InChI=1S/C12H26N2O3S/c1-4-9-14(12-5-7-13-8-6-12)18(15,16)11(2)10-17-3/h11-13H,4-10H2,1-3H3. The van der Waals surface area contributed by atoms with Gasteiger partial charge in [-0.25, -0.2) is 8.42 Å². The Morgan fingerprint density at radius 2 is 2.00 bits per heavy atom. The minimum Gasteiger partial charge on any atom is -0.383 e. The quantitative estimate of drug-likeness (QED) is 0.749. The number of piperidine rings is 1. The first kappa shape index (κ1) is 15.9. The van der Waals surface area contributed by atoms with E-state index in [1.165, 1.54) is 0 Å². The van der Waals surface area contributed by atoms with Gasteiger partial charge < -0.3 is 10.1 Å². The summed E-state index contributed by atoms with van der Waals surface area (Å²) in [5, 5.41) is 2.80. The maximum atomic E-state index is 12.5. The third-order valence-electron chi connectivity index (χ3n) is 3.40. The molecule has 1 heterocycles. The zero-order chi connectivity index (χ0) is 13.6. The maximum Gasteiger partial charge on any atom is 0.219 e. The van der Waals surface area contributed by atoms with Gasteiger partial charge in [0.25, 0.3) is 0 Å². The lowest BCUT2D eigenvalue weighted by Gasteiger charge is -2.35. The highest BCUT2D eigenvalue weighted by Crippen LogP contribution is 2.20. The van der Waals surface area contributed by atoms with E-state index in [0.29, 0.717) is 6.54 Å². The summed E-state index contributed by atoms with van der Waals surface area (Å²) in [5.41, 5.74) is 0. The molecule has 1 aliphatic heterocycles. The lowest BCUT2D eigenvalue weighted by molar-refractivity contribution is 0.194. The van der Waals surface area contributed by atoms with Crippen LogP contribution in [0.2, 0.25) is 0 Å². The Morgan fingerprint density at radius 1 is 1.39 bits per heavy atom. The highest BCUT2D eigenvalue weighted by molar-refractivity contribution is 7.89. The molecule has 1 fully saturated rings. The van der Waals surface area contributed by atoms with E-state index in [9.17, 15) is 8.42 Å². The molecule has 0 aromatic heterocycles. The fourth-order valence-corrected chi connectivity index (χ4v) is 4.22. The van der Waals surface area contributed by atoms with Crippen LogP contribution < -0.4 is 5.32 Å². The van der Waals surface area contributed by atoms with Gasteiger partial charge in [0.15, 0.2) is 0 Å². The van der Waals surface area contributed by atoms with Crippen molar-refractivity contribution in [2.75, 3.05) is 33.4 Å². The van der Waals surface area contributed by atoms with E-state index in [-0.39, 0.29) is 12.6 Å². The van der Waals surface area contributed by atoms with Crippen molar-refractivity contribution in [2.24, 2.45) is 0 Å². The summed E-state index contributed by atoms with van der Waals surface area (Å²) in [4.78, 5) is 0. The SMILES string of the molecule is CCCN(C1CCNCC1)S(=O)(=O)C(C)COC. The third-order valence-corrected chi connectivity index (χ3v) is 5.68. The van der Waals surface area contributed by atoms with Crippen molar-refractivity contribution < 1.29 is 13.2 Å². The van der Waals surface area contributed by atoms with Gasteiger partial charge in [0.1, 0.15) is 0 Å². The van der Waals surface area contributed by atoms with E-state index in [2.05, 4.69) is 5.32 Å². The normalized spacial score (nSPS) is 20.2. The molecule has 1 N–H and O–H groups in total. The summed E-state index contributed by atoms with van der Waals surface area (Å²) in [7, 11) is -1.70. The molecule has 0 amide bonds. The molecule has 0 aliphatic carbocycles. The van der Waals surface area contributed by atoms with Crippen molar-refractivity contribution >= 4 is 10.0 Å². The van der Waals surface area contributed by atoms with Crippen molar-refractivity contribution in [2.45, 2.75) is 44.4 Å². The molecule has 1 aliphatic rings. The first-order valence-corrected chi connectivity index (χ1v) is 8.24. The van der Waals surface area contributed by atoms with Crippen LogP contribution in [0.4, 0.5) is 0 Å². The van der Waals surface area contributed by atoms with Crippen molar-refractivity contribution in [3.05, 3.63) is 0 Å². The van der Waals surface area contributed by atoms with Crippen molar-refractivity contribution in [1.82, 2.24) is 9.62 Å². The number of hydrogen-bond donors (Lipinski definition) is 1. The molecular formula is C12H26N2O3S. The number of rotatable bonds is 7. The minimum absolute atomic E-state index is 0.149. The second-order valence-corrected chi connectivity index (χ2v) is 7.21. The molecule has 1 unspecified atom stereocenters. The number of nitrogens with one attached hydrogen (secondary N) is 1. The molecule has 0 bridgehead atoms. The lowest BCUT2D eigenvalue weighted by atomic mass is 10.1. The largest absolute Gasteiger partial charge is 0.383 e. The van der Waals surface area contributed by atoms with Gasteiger partial charge in [-0.1, -0.05) is 6.92 Å². The van der Waals surface area contributed by atoms with Crippen LogP contribution in [0.15, 0.2) is 0 Å². The van der Waals surface area contributed by atoms with Crippen molar-refractivity contribution in [1.29, 1.82) is 0 Å². The first-order valence-electron chi connectivity index (χ1n) is 6.74. The molecule has 1 saturated heterocycles. The Morgan fingerprint density at radius 3 is 2.50 bits per heavy atom. The average Bonchev–Trinajstić information content (AvgIpc) is 2.37. The molecule has 5 nitrogen and oxygen atoms in total. The van der Waals surface area contributed by atoms with E-state index in [1.54, 1.807) is 18.3 Å². The van der Waals surface area contributed by atoms with Gasteiger partial charge >= 0.3 is 0 Å². The Labute approximate surface area is 111 Å². The summed E-state index contributed by atoms with van der Waals surface area (Å²) in [6, 6.07) is 0.149. The van der Waals surface area contributed by atoms with Crippen molar-refractivity contribution in [3.63, 3.8) is 0 Å². The summed E-state index contributed by atoms with van der Waals surface area (Å²) >= 11 is 0. The van der Waals surface area contributed by atoms with Gasteiger partial charge in [0, 0.05) is 19.7 Å². The van der Waals surface area contributed by atoms with E-state index in [4.69, 9.17) is 4.74 Å². The summed E-state index contributed by atoms with van der Waals surface area (Å²) < 4.78 is 31.8. The molecule has 0 saturated carbocycles. The van der Waals surface area contributed by atoms with Crippen LogP contribution in [-0.2, 0) is 14.8 Å². The van der Waals surface area contributed by atoms with Gasteiger partial charge in [0.2, 0.25) is 10.0 Å². The number of hydrogen-bond acceptors (Lipinski definition) is 4. The Kier molecular flexibility index (Phi) is 6.55. The fraction of sp³-hybridized carbons (Fsp3) is 1.00. The first-order chi connectivity index (χ1) is 8.54. The van der Waals surface area contributed by atoms with Gasteiger partial charge in [-0.3, -0.25) is 0 Å². The smallest absolute Gasteiger partial charge is 0.219 e. The predicted molar refractivity (Wildman–Crippen MR) is 73.1 cm³/mol. The van der Waals surface area contributed by atoms with Crippen LogP contribution in [-0.4, -0.2) is 57.4 Å². The molecule has 108 valence electrons. The molecule has 0 radical (unpaired) electrons. The topological polar surface area (TPSA) is 58.6 Å². The van der Waals surface area contributed by atoms with E-state index < -0.39 is 15.3 Å². The van der Waals surface area contributed by atoms with Crippen LogP contribution in [0.25, 0.3) is 0 Å². The molecule has 1 atom stereocenters. The zero-order valence-corrected chi connectivity index (χ0v) is 12.5. The zero-order valence-electron chi connectivity index (χ0n) is 11.7. The summed E-state index contributed by atoms with van der Waals surface area (Å²) in [6.07, 6.45) is 2.65. The Bertz CT molecular complexity index is 326. The van der Waals surface area contributed by atoms with Gasteiger partial charge in [-0.15, -0.1) is 0 Å². The second kappa shape index (κ2) is 7.43. The van der Waals surface area contributed by atoms with Crippen LogP contribution in [0, 0.1) is 0 Å². The van der Waals surface area contributed by atoms with Crippen molar-refractivity contribution in [3.8, 4) is 0 Å². The van der Waals surface area contributed by atoms with Crippen LogP contribution in [0.3, 0.4) is 0 Å². The lowest BCUT2D eigenvalue weighted by Crippen LogP contribution is -2.49. The van der Waals surface area contributed by atoms with Gasteiger partial charge in [-0.2, -0.15) is 4.31 Å². The molecule has 18 heavy (non-hydrogen) atoms. The van der Waals surface area contributed by atoms with Crippen LogP contribution >= 0.6 is 0 Å². The maximum absolute atomic E-state index is 12.5. The van der Waals surface area contributed by atoms with Crippen LogP contribution in [0.1, 0.15) is 33.1 Å². The second-order valence-electron chi connectivity index (χ2n) is 4.90. The van der Waals surface area contributed by atoms with E-state index in [1.807, 2.05) is 6.92 Å². The Balaban J connectivity index is 2.81. The summed E-state index contributed by atoms with van der Waals surface area (Å²) in [6.45, 7) is 6.42. The van der Waals surface area contributed by atoms with Gasteiger partial charge in [-0.05, 0) is 39.3 Å². The molecule has 1 rings (SSSR count). The highest BCUT2D eigenvalue weighted by Gasteiger charge is 2.34. The number of methoxy groups -OCH3 is 1. The molecular weight excluding hydrogens is 252 g/mol. The fourth-order valence-electron chi connectivity index (χ4n) is 2.38. The number of ether oxygens (including phenoxy) is 1.